The Labute approximate surface area is 244 Å². The molecule has 1 atom stereocenters. The van der Waals surface area contributed by atoms with E-state index in [9.17, 15) is 18.0 Å². The second-order valence-corrected chi connectivity index (χ2v) is 12.0. The Kier molecular flexibility index (Phi) is 10.7. The number of aryl methyl sites for hydroxylation is 1. The van der Waals surface area contributed by atoms with Crippen molar-refractivity contribution in [3.8, 4) is 0 Å². The summed E-state index contributed by atoms with van der Waals surface area (Å²) in [6.45, 7) is 5.01. The van der Waals surface area contributed by atoms with Crippen molar-refractivity contribution in [3.05, 3.63) is 92.9 Å². The molecule has 208 valence electrons. The lowest BCUT2D eigenvalue weighted by molar-refractivity contribution is -0.139. The summed E-state index contributed by atoms with van der Waals surface area (Å²) in [4.78, 5) is 28.2. The number of anilines is 1. The van der Waals surface area contributed by atoms with Crippen molar-refractivity contribution < 1.29 is 18.0 Å². The lowest BCUT2D eigenvalue weighted by Gasteiger charge is -2.32. The topological polar surface area (TPSA) is 86.8 Å². The summed E-state index contributed by atoms with van der Waals surface area (Å²) in [5, 5.41) is 3.78. The predicted octanol–water partition coefficient (Wildman–Crippen LogP) is 6.09. The molecule has 0 aliphatic carbocycles. The Morgan fingerprint density at radius 2 is 1.56 bits per heavy atom. The summed E-state index contributed by atoms with van der Waals surface area (Å²) < 4.78 is 28.6. The maximum absolute atomic E-state index is 13.9. The van der Waals surface area contributed by atoms with Gasteiger partial charge in [-0.1, -0.05) is 72.1 Å². The fourth-order valence-electron chi connectivity index (χ4n) is 3.82. The van der Waals surface area contributed by atoms with Crippen molar-refractivity contribution >= 4 is 62.3 Å². The van der Waals surface area contributed by atoms with Crippen molar-refractivity contribution in [3.63, 3.8) is 0 Å². The highest BCUT2D eigenvalue weighted by molar-refractivity contribution is 7.92. The molecule has 0 heterocycles. The Bertz CT molecular complexity index is 1410. The van der Waals surface area contributed by atoms with E-state index in [-0.39, 0.29) is 23.0 Å². The minimum absolute atomic E-state index is 0.00364. The molecule has 3 rings (SSSR count). The van der Waals surface area contributed by atoms with Crippen molar-refractivity contribution in [1.82, 2.24) is 10.2 Å². The number of nitrogens with one attached hydrogen (secondary N) is 1. The molecule has 2 amide bonds. The minimum atomic E-state index is -4.19. The number of nitrogens with zero attached hydrogens (tertiary/aromatic N) is 2. The van der Waals surface area contributed by atoms with Gasteiger partial charge in [0.1, 0.15) is 12.6 Å². The van der Waals surface area contributed by atoms with Crippen molar-refractivity contribution in [2.24, 2.45) is 0 Å². The van der Waals surface area contributed by atoms with Crippen LogP contribution in [0.4, 0.5) is 5.69 Å². The van der Waals surface area contributed by atoms with E-state index in [1.165, 1.54) is 23.1 Å². The summed E-state index contributed by atoms with van der Waals surface area (Å²) in [6.07, 6.45) is 0.708. The molecular formula is C28H30Cl3N3O4S. The molecule has 39 heavy (non-hydrogen) atoms. The number of benzene rings is 3. The summed E-state index contributed by atoms with van der Waals surface area (Å²) in [5.41, 5.74) is 1.40. The van der Waals surface area contributed by atoms with Crippen molar-refractivity contribution in [1.29, 1.82) is 0 Å². The average Bonchev–Trinajstić information content (AvgIpc) is 2.91. The number of hydrogen-bond donors (Lipinski definition) is 1. The Hall–Kier alpha value is -2.78. The maximum Gasteiger partial charge on any atom is 0.264 e. The molecule has 0 unspecified atom stereocenters. The fraction of sp³-hybridized carbons (Fsp3) is 0.286. The summed E-state index contributed by atoms with van der Waals surface area (Å²) >= 11 is 19.1. The molecular weight excluding hydrogens is 581 g/mol. The Balaban J connectivity index is 2.07. The summed E-state index contributed by atoms with van der Waals surface area (Å²) in [6, 6.07) is 16.5. The number of carbonyl (C=O) groups excluding carboxylic acids is 2. The quantitative estimate of drug-likeness (QED) is 0.285. The lowest BCUT2D eigenvalue weighted by atomic mass is 10.1. The van der Waals surface area contributed by atoms with E-state index in [4.69, 9.17) is 34.8 Å². The first-order chi connectivity index (χ1) is 18.5. The van der Waals surface area contributed by atoms with E-state index in [2.05, 4.69) is 5.32 Å². The molecule has 0 fully saturated rings. The molecule has 0 aromatic heterocycles. The summed E-state index contributed by atoms with van der Waals surface area (Å²) in [5.74, 6) is -1.01. The molecule has 0 bridgehead atoms. The monoisotopic (exact) mass is 609 g/mol. The molecule has 0 radical (unpaired) electrons. The van der Waals surface area contributed by atoms with Gasteiger partial charge in [-0.3, -0.25) is 13.9 Å². The van der Waals surface area contributed by atoms with E-state index >= 15 is 0 Å². The number of sulfonamides is 1. The number of amides is 2. The molecule has 11 heteroatoms. The van der Waals surface area contributed by atoms with Gasteiger partial charge in [0.2, 0.25) is 11.8 Å². The third-order valence-electron chi connectivity index (χ3n) is 6.16. The zero-order chi connectivity index (χ0) is 28.7. The van der Waals surface area contributed by atoms with Gasteiger partial charge in [-0.2, -0.15) is 0 Å². The SMILES string of the molecule is CCCNC(=O)[C@@H](C)N(Cc1c(Cl)cccc1Cl)C(=O)CN(c1ccc(C)c(Cl)c1)S(=O)(=O)c1ccccc1. The zero-order valence-corrected chi connectivity index (χ0v) is 24.9. The van der Waals surface area contributed by atoms with Crippen LogP contribution in [0.2, 0.25) is 15.1 Å². The summed E-state index contributed by atoms with van der Waals surface area (Å²) in [7, 11) is -4.19. The molecule has 0 aliphatic heterocycles. The van der Waals surface area contributed by atoms with Crippen LogP contribution in [0.3, 0.4) is 0 Å². The van der Waals surface area contributed by atoms with Crippen LogP contribution in [0.25, 0.3) is 0 Å². The third kappa shape index (κ3) is 7.45. The van der Waals surface area contributed by atoms with Gasteiger partial charge in [-0.05, 0) is 62.2 Å². The van der Waals surface area contributed by atoms with Crippen LogP contribution in [0, 0.1) is 6.92 Å². The standard InChI is InChI=1S/C28H30Cl3N3O4S/c1-4-15-32-28(36)20(3)33(17-23-24(29)11-8-12-25(23)30)27(35)18-34(21-14-13-19(2)26(31)16-21)39(37,38)22-9-6-5-7-10-22/h5-14,16,20H,4,15,17-18H2,1-3H3,(H,32,36)/t20-/m1/s1. The minimum Gasteiger partial charge on any atom is -0.354 e. The van der Waals surface area contributed by atoms with Crippen LogP contribution < -0.4 is 9.62 Å². The molecule has 7 nitrogen and oxygen atoms in total. The zero-order valence-electron chi connectivity index (χ0n) is 21.8. The van der Waals surface area contributed by atoms with Gasteiger partial charge in [0.15, 0.2) is 0 Å². The predicted molar refractivity (Wildman–Crippen MR) is 157 cm³/mol. The normalized spacial score (nSPS) is 12.1. The maximum atomic E-state index is 13.9. The highest BCUT2D eigenvalue weighted by Crippen LogP contribution is 2.30. The smallest absolute Gasteiger partial charge is 0.264 e. The molecule has 0 saturated carbocycles. The molecule has 0 spiro atoms. The first-order valence-corrected chi connectivity index (χ1v) is 14.9. The second kappa shape index (κ2) is 13.5. The Morgan fingerprint density at radius 1 is 0.923 bits per heavy atom. The number of carbonyl (C=O) groups is 2. The van der Waals surface area contributed by atoms with E-state index in [0.717, 1.165) is 9.87 Å². The van der Waals surface area contributed by atoms with E-state index < -0.39 is 28.5 Å². The number of hydrogen-bond acceptors (Lipinski definition) is 4. The van der Waals surface area contributed by atoms with Crippen LogP contribution in [0.15, 0.2) is 71.6 Å². The Morgan fingerprint density at radius 3 is 2.15 bits per heavy atom. The molecule has 3 aromatic rings. The number of rotatable bonds is 11. The van der Waals surface area contributed by atoms with Gasteiger partial charge in [-0.15, -0.1) is 0 Å². The molecule has 0 aliphatic rings. The van der Waals surface area contributed by atoms with Gasteiger partial charge in [0.25, 0.3) is 10.0 Å². The van der Waals surface area contributed by atoms with Crippen LogP contribution in [-0.2, 0) is 26.2 Å². The largest absolute Gasteiger partial charge is 0.354 e. The highest BCUT2D eigenvalue weighted by atomic mass is 35.5. The molecule has 3 aromatic carbocycles. The van der Waals surface area contributed by atoms with E-state index in [1.54, 1.807) is 62.4 Å². The highest BCUT2D eigenvalue weighted by Gasteiger charge is 2.33. The van der Waals surface area contributed by atoms with Gasteiger partial charge < -0.3 is 10.2 Å². The average molecular weight is 611 g/mol. The fourth-order valence-corrected chi connectivity index (χ4v) is 5.94. The van der Waals surface area contributed by atoms with Gasteiger partial charge >= 0.3 is 0 Å². The molecule has 0 saturated heterocycles. The van der Waals surface area contributed by atoms with Gasteiger partial charge in [-0.25, -0.2) is 8.42 Å². The van der Waals surface area contributed by atoms with Crippen molar-refractivity contribution in [2.45, 2.75) is 44.7 Å². The first kappa shape index (κ1) is 30.8. The number of halogens is 3. The van der Waals surface area contributed by atoms with Crippen molar-refractivity contribution in [2.75, 3.05) is 17.4 Å². The van der Waals surface area contributed by atoms with Crippen LogP contribution in [0.1, 0.15) is 31.4 Å². The van der Waals surface area contributed by atoms with Gasteiger partial charge in [0.05, 0.1) is 10.6 Å². The lowest BCUT2D eigenvalue weighted by Crippen LogP contribution is -2.51. The van der Waals surface area contributed by atoms with Crippen LogP contribution in [-0.4, -0.2) is 44.3 Å². The van der Waals surface area contributed by atoms with E-state index in [1.807, 2.05) is 6.92 Å². The first-order valence-electron chi connectivity index (χ1n) is 12.3. The second-order valence-electron chi connectivity index (χ2n) is 8.95. The molecule has 1 N–H and O–H groups in total. The van der Waals surface area contributed by atoms with Crippen LogP contribution >= 0.6 is 34.8 Å². The third-order valence-corrected chi connectivity index (χ3v) is 9.06. The van der Waals surface area contributed by atoms with Crippen LogP contribution in [0.5, 0.6) is 0 Å². The van der Waals surface area contributed by atoms with E-state index in [0.29, 0.717) is 33.6 Å². The van der Waals surface area contributed by atoms with Gasteiger partial charge in [0, 0.05) is 33.7 Å².